The van der Waals surface area contributed by atoms with Gasteiger partial charge in [0.2, 0.25) is 0 Å². The first kappa shape index (κ1) is 22.0. The van der Waals surface area contributed by atoms with Crippen LogP contribution in [0.5, 0.6) is 0 Å². The summed E-state index contributed by atoms with van der Waals surface area (Å²) in [4.78, 5) is 5.01. The van der Waals surface area contributed by atoms with E-state index in [0.717, 1.165) is 58.1 Å². The molecule has 1 saturated heterocycles. The number of hydrogen-bond donors (Lipinski definition) is 0. The summed E-state index contributed by atoms with van der Waals surface area (Å²) >= 11 is 0. The lowest BCUT2D eigenvalue weighted by Crippen LogP contribution is -2.51. The molecule has 0 aromatic carbocycles. The minimum absolute atomic E-state index is 0.699. The highest BCUT2D eigenvalue weighted by atomic mass is 28.4. The number of hydrogen-bond acceptors (Lipinski definition) is 6. The number of rotatable bonds is 13. The van der Waals surface area contributed by atoms with Gasteiger partial charge in [0.1, 0.15) is 0 Å². The Labute approximate surface area is 149 Å². The third kappa shape index (κ3) is 7.47. The van der Waals surface area contributed by atoms with Crippen molar-refractivity contribution in [2.45, 2.75) is 31.9 Å². The maximum Gasteiger partial charge on any atom is 0.337 e. The highest BCUT2D eigenvalue weighted by Gasteiger charge is 2.33. The molecule has 144 valence electrons. The van der Waals surface area contributed by atoms with E-state index in [0.29, 0.717) is 5.92 Å². The van der Waals surface area contributed by atoms with Gasteiger partial charge in [0.25, 0.3) is 0 Å². The van der Waals surface area contributed by atoms with Crippen molar-refractivity contribution < 1.29 is 18.3 Å². The van der Waals surface area contributed by atoms with E-state index in [-0.39, 0.29) is 0 Å². The van der Waals surface area contributed by atoms with Gasteiger partial charge in [0.15, 0.2) is 0 Å². The second-order valence-corrected chi connectivity index (χ2v) is 10.6. The Bertz CT molecular complexity index is 295. The topological polar surface area (TPSA) is 43.4 Å². The summed E-state index contributed by atoms with van der Waals surface area (Å²) in [7, 11) is 5.21. The first-order chi connectivity index (χ1) is 11.6. The van der Waals surface area contributed by atoms with Crippen molar-refractivity contribution in [3.8, 4) is 0 Å². The van der Waals surface area contributed by atoms with Crippen LogP contribution in [0.3, 0.4) is 0 Å². The fourth-order valence-corrected chi connectivity index (χ4v) is 5.80. The molecule has 0 bridgehead atoms. The van der Waals surface area contributed by atoms with Crippen LogP contribution >= 0.6 is 0 Å². The van der Waals surface area contributed by atoms with Crippen LogP contribution in [0, 0.1) is 5.92 Å². The molecule has 7 heteroatoms. The molecule has 1 fully saturated rings. The van der Waals surface area contributed by atoms with Crippen molar-refractivity contribution in [2.24, 2.45) is 5.92 Å². The first-order valence-electron chi connectivity index (χ1n) is 9.15. The van der Waals surface area contributed by atoms with Crippen LogP contribution in [-0.2, 0) is 18.3 Å². The van der Waals surface area contributed by atoms with Crippen molar-refractivity contribution in [3.63, 3.8) is 0 Å². The van der Waals surface area contributed by atoms with Crippen LogP contribution in [0.4, 0.5) is 0 Å². The Kier molecular flexibility index (Phi) is 11.3. The summed E-state index contributed by atoms with van der Waals surface area (Å²) < 4.78 is 22.0. The fourth-order valence-electron chi connectivity index (χ4n) is 3.55. The first-order valence-corrected chi connectivity index (χ1v) is 11.4. The molecule has 1 aliphatic heterocycles. The molecule has 0 aromatic rings. The Morgan fingerprint density at radius 2 is 1.46 bits per heavy atom. The lowest BCUT2D eigenvalue weighted by Gasteiger charge is -2.40. The van der Waals surface area contributed by atoms with Gasteiger partial charge >= 0.3 is 8.56 Å². The summed E-state index contributed by atoms with van der Waals surface area (Å²) in [6, 6.07) is 2.10. The standard InChI is InChI=1S/C17H38N2O4Si/c1-6-24(22-4,23-5)13-7-8-17-14-18(9-11-20-2)16-19(15-17)10-12-21-3/h17H,6-16H2,1-5H3. The third-order valence-electron chi connectivity index (χ3n) is 5.11. The summed E-state index contributed by atoms with van der Waals surface area (Å²) in [5, 5.41) is 0. The zero-order valence-corrected chi connectivity index (χ0v) is 17.4. The van der Waals surface area contributed by atoms with Gasteiger partial charge in [-0.1, -0.05) is 13.3 Å². The SMILES string of the molecule is CC[Si](CCCC1CN(CCOC)CN(CCOC)C1)(OC)OC. The molecule has 0 amide bonds. The molecule has 24 heavy (non-hydrogen) atoms. The van der Waals surface area contributed by atoms with E-state index >= 15 is 0 Å². The van der Waals surface area contributed by atoms with Crippen LogP contribution in [0.15, 0.2) is 0 Å². The van der Waals surface area contributed by atoms with E-state index in [4.69, 9.17) is 18.3 Å². The fraction of sp³-hybridized carbons (Fsp3) is 1.00. The van der Waals surface area contributed by atoms with Gasteiger partial charge in [-0.2, -0.15) is 0 Å². The molecule has 1 aliphatic rings. The van der Waals surface area contributed by atoms with E-state index in [1.54, 1.807) is 28.4 Å². The zero-order chi connectivity index (χ0) is 17.8. The molecule has 0 unspecified atom stereocenters. The predicted molar refractivity (Wildman–Crippen MR) is 99.5 cm³/mol. The van der Waals surface area contributed by atoms with E-state index in [1.807, 2.05) is 0 Å². The van der Waals surface area contributed by atoms with Crippen LogP contribution in [0.2, 0.25) is 12.1 Å². The van der Waals surface area contributed by atoms with Crippen molar-refractivity contribution in [1.82, 2.24) is 9.80 Å². The van der Waals surface area contributed by atoms with Crippen molar-refractivity contribution >= 4 is 8.56 Å². The van der Waals surface area contributed by atoms with Gasteiger partial charge in [0.05, 0.1) is 19.9 Å². The van der Waals surface area contributed by atoms with Crippen molar-refractivity contribution in [3.05, 3.63) is 0 Å². The number of methoxy groups -OCH3 is 2. The summed E-state index contributed by atoms with van der Waals surface area (Å²) in [6.07, 6.45) is 2.41. The molecule has 0 atom stereocenters. The molecular formula is C17H38N2O4Si. The summed E-state index contributed by atoms with van der Waals surface area (Å²) in [5.41, 5.74) is 0. The average Bonchev–Trinajstić information content (AvgIpc) is 2.62. The second-order valence-electron chi connectivity index (χ2n) is 6.71. The van der Waals surface area contributed by atoms with Crippen LogP contribution in [0.25, 0.3) is 0 Å². The van der Waals surface area contributed by atoms with E-state index in [2.05, 4.69) is 16.7 Å². The van der Waals surface area contributed by atoms with Gasteiger partial charge in [-0.15, -0.1) is 0 Å². The maximum atomic E-state index is 5.74. The third-order valence-corrected chi connectivity index (χ3v) is 8.79. The predicted octanol–water partition coefficient (Wildman–Crippen LogP) is 2.01. The molecule has 6 nitrogen and oxygen atoms in total. The maximum absolute atomic E-state index is 5.74. The Balaban J connectivity index is 2.48. The molecule has 0 aromatic heterocycles. The molecule has 0 radical (unpaired) electrons. The van der Waals surface area contributed by atoms with Gasteiger partial charge in [-0.25, -0.2) is 0 Å². The number of nitrogens with zero attached hydrogens (tertiary/aromatic N) is 2. The highest BCUT2D eigenvalue weighted by Crippen LogP contribution is 2.24. The molecular weight excluding hydrogens is 324 g/mol. The second kappa shape index (κ2) is 12.3. The molecule has 0 spiro atoms. The minimum atomic E-state index is -1.95. The zero-order valence-electron chi connectivity index (χ0n) is 16.4. The lowest BCUT2D eigenvalue weighted by atomic mass is 10.0. The molecule has 0 aliphatic carbocycles. The largest absolute Gasteiger partial charge is 0.398 e. The minimum Gasteiger partial charge on any atom is -0.398 e. The average molecular weight is 363 g/mol. The van der Waals surface area contributed by atoms with Gasteiger partial charge in [-0.3, -0.25) is 9.80 Å². The van der Waals surface area contributed by atoms with Gasteiger partial charge in [-0.05, 0) is 24.4 Å². The van der Waals surface area contributed by atoms with E-state index in [1.165, 1.54) is 12.8 Å². The van der Waals surface area contributed by atoms with Gasteiger partial charge in [0, 0.05) is 54.6 Å². The molecule has 1 rings (SSSR count). The molecule has 0 N–H and O–H groups in total. The van der Waals surface area contributed by atoms with Crippen LogP contribution in [0.1, 0.15) is 19.8 Å². The lowest BCUT2D eigenvalue weighted by molar-refractivity contribution is 0.0157. The monoisotopic (exact) mass is 362 g/mol. The van der Waals surface area contributed by atoms with Crippen molar-refractivity contribution in [1.29, 1.82) is 0 Å². The highest BCUT2D eigenvalue weighted by molar-refractivity contribution is 6.67. The van der Waals surface area contributed by atoms with Crippen LogP contribution < -0.4 is 0 Å². The van der Waals surface area contributed by atoms with E-state index in [9.17, 15) is 0 Å². The Hall–Kier alpha value is -0.0231. The Morgan fingerprint density at radius 1 is 0.917 bits per heavy atom. The Morgan fingerprint density at radius 3 is 1.88 bits per heavy atom. The summed E-state index contributed by atoms with van der Waals surface area (Å²) in [5.74, 6) is 0.699. The normalized spacial score (nSPS) is 18.4. The van der Waals surface area contributed by atoms with Crippen molar-refractivity contribution in [2.75, 3.05) is 74.5 Å². The molecule has 0 saturated carbocycles. The van der Waals surface area contributed by atoms with Crippen LogP contribution in [-0.4, -0.2) is 92.9 Å². The van der Waals surface area contributed by atoms with E-state index < -0.39 is 8.56 Å². The molecule has 1 heterocycles. The smallest absolute Gasteiger partial charge is 0.337 e. The quantitative estimate of drug-likeness (QED) is 0.467. The number of ether oxygens (including phenoxy) is 2. The summed E-state index contributed by atoms with van der Waals surface area (Å²) in [6.45, 7) is 9.11. The van der Waals surface area contributed by atoms with Gasteiger partial charge < -0.3 is 18.3 Å².